The Morgan fingerprint density at radius 2 is 1.88 bits per heavy atom. The summed E-state index contributed by atoms with van der Waals surface area (Å²) < 4.78 is 0. The van der Waals surface area contributed by atoms with Crippen molar-refractivity contribution < 1.29 is 5.11 Å². The molecule has 0 amide bonds. The van der Waals surface area contributed by atoms with Gasteiger partial charge in [-0.1, -0.05) is 30.3 Å². The number of likely N-dealkylation sites (N-methyl/N-ethyl adjacent to an activating group) is 1. The molecular formula is C14H24N2O. The molecule has 1 aromatic rings. The van der Waals surface area contributed by atoms with Crippen LogP contribution in [0.15, 0.2) is 30.3 Å². The van der Waals surface area contributed by atoms with E-state index in [4.69, 9.17) is 0 Å². The molecule has 3 heteroatoms. The van der Waals surface area contributed by atoms with Crippen LogP contribution in [0.3, 0.4) is 0 Å². The van der Waals surface area contributed by atoms with Gasteiger partial charge in [0.05, 0.1) is 6.10 Å². The van der Waals surface area contributed by atoms with Crippen molar-refractivity contribution in [2.24, 2.45) is 0 Å². The van der Waals surface area contributed by atoms with Crippen molar-refractivity contribution >= 4 is 0 Å². The van der Waals surface area contributed by atoms with Gasteiger partial charge in [-0.2, -0.15) is 0 Å². The van der Waals surface area contributed by atoms with E-state index in [9.17, 15) is 5.11 Å². The molecule has 1 unspecified atom stereocenters. The maximum atomic E-state index is 9.19. The average molecular weight is 236 g/mol. The molecule has 2 N–H and O–H groups in total. The lowest BCUT2D eigenvalue weighted by Gasteiger charge is -2.22. The summed E-state index contributed by atoms with van der Waals surface area (Å²) in [7, 11) is 2.12. The Balaban J connectivity index is 2.27. The Hall–Kier alpha value is -0.900. The standard InChI is InChI=1S/C14H24N2O/c1-12(15-9-13(2)17)10-16(3)11-14-7-5-4-6-8-14/h4-8,12-13,15,17H,9-11H2,1-3H3/t12?,13-/m1/s1. The summed E-state index contributed by atoms with van der Waals surface area (Å²) in [4.78, 5) is 2.29. The second-order valence-electron chi connectivity index (χ2n) is 4.84. The van der Waals surface area contributed by atoms with E-state index in [1.165, 1.54) is 5.56 Å². The topological polar surface area (TPSA) is 35.5 Å². The monoisotopic (exact) mass is 236 g/mol. The molecule has 0 spiro atoms. The average Bonchev–Trinajstić information content (AvgIpc) is 2.27. The SMILES string of the molecule is CC(CN(C)Cc1ccccc1)NC[C@@H](C)O. The molecule has 1 rings (SSSR count). The zero-order chi connectivity index (χ0) is 12.7. The number of rotatable bonds is 7. The number of benzene rings is 1. The molecule has 0 saturated carbocycles. The van der Waals surface area contributed by atoms with Crippen molar-refractivity contribution in [3.8, 4) is 0 Å². The molecule has 0 bridgehead atoms. The van der Waals surface area contributed by atoms with Gasteiger partial charge >= 0.3 is 0 Å². The van der Waals surface area contributed by atoms with Gasteiger partial charge in [-0.05, 0) is 26.5 Å². The highest BCUT2D eigenvalue weighted by Crippen LogP contribution is 2.02. The molecule has 1 aromatic carbocycles. The van der Waals surface area contributed by atoms with E-state index in [2.05, 4.69) is 48.5 Å². The lowest BCUT2D eigenvalue weighted by atomic mass is 10.2. The van der Waals surface area contributed by atoms with Gasteiger partial charge in [0.15, 0.2) is 0 Å². The van der Waals surface area contributed by atoms with Gasteiger partial charge in [0.1, 0.15) is 0 Å². The van der Waals surface area contributed by atoms with Crippen LogP contribution in [-0.2, 0) is 6.54 Å². The molecule has 0 fully saturated rings. The number of nitrogens with zero attached hydrogens (tertiary/aromatic N) is 1. The van der Waals surface area contributed by atoms with E-state index >= 15 is 0 Å². The molecule has 96 valence electrons. The van der Waals surface area contributed by atoms with Gasteiger partial charge in [-0.15, -0.1) is 0 Å². The number of hydrogen-bond acceptors (Lipinski definition) is 3. The number of aliphatic hydroxyl groups is 1. The van der Waals surface area contributed by atoms with Crippen LogP contribution in [0.25, 0.3) is 0 Å². The van der Waals surface area contributed by atoms with Crippen molar-refractivity contribution in [2.75, 3.05) is 20.1 Å². The highest BCUT2D eigenvalue weighted by atomic mass is 16.3. The third-order valence-corrected chi connectivity index (χ3v) is 2.64. The van der Waals surface area contributed by atoms with E-state index < -0.39 is 0 Å². The Kier molecular flexibility index (Phi) is 6.19. The minimum absolute atomic E-state index is 0.281. The Bertz CT molecular complexity index is 300. The zero-order valence-corrected chi connectivity index (χ0v) is 11.1. The van der Waals surface area contributed by atoms with Crippen LogP contribution < -0.4 is 5.32 Å². The molecule has 0 radical (unpaired) electrons. The molecule has 17 heavy (non-hydrogen) atoms. The Morgan fingerprint density at radius 1 is 1.24 bits per heavy atom. The van der Waals surface area contributed by atoms with Gasteiger partial charge < -0.3 is 15.3 Å². The number of aliphatic hydroxyl groups excluding tert-OH is 1. The highest BCUT2D eigenvalue weighted by Gasteiger charge is 2.07. The minimum atomic E-state index is -0.281. The van der Waals surface area contributed by atoms with Crippen LogP contribution in [0.1, 0.15) is 19.4 Å². The van der Waals surface area contributed by atoms with Crippen molar-refractivity contribution in [3.05, 3.63) is 35.9 Å². The van der Waals surface area contributed by atoms with Gasteiger partial charge in [0, 0.05) is 25.7 Å². The number of hydrogen-bond donors (Lipinski definition) is 2. The molecule has 0 heterocycles. The molecule has 0 aliphatic heterocycles. The van der Waals surface area contributed by atoms with Crippen LogP contribution in [-0.4, -0.2) is 42.3 Å². The largest absolute Gasteiger partial charge is 0.392 e. The van der Waals surface area contributed by atoms with Gasteiger partial charge in [0.25, 0.3) is 0 Å². The first-order chi connectivity index (χ1) is 8.08. The first kappa shape index (κ1) is 14.2. The van der Waals surface area contributed by atoms with Crippen molar-refractivity contribution in [1.29, 1.82) is 0 Å². The van der Waals surface area contributed by atoms with Crippen LogP contribution in [0.2, 0.25) is 0 Å². The second-order valence-corrected chi connectivity index (χ2v) is 4.84. The predicted octanol–water partition coefficient (Wildman–Crippen LogP) is 1.48. The second kappa shape index (κ2) is 7.43. The lowest BCUT2D eigenvalue weighted by Crippen LogP contribution is -2.40. The lowest BCUT2D eigenvalue weighted by molar-refractivity contribution is 0.181. The normalized spacial score (nSPS) is 14.9. The first-order valence-electron chi connectivity index (χ1n) is 6.22. The summed E-state index contributed by atoms with van der Waals surface area (Å²) in [5.41, 5.74) is 1.33. The number of nitrogens with one attached hydrogen (secondary N) is 1. The highest BCUT2D eigenvalue weighted by molar-refractivity contribution is 5.14. The van der Waals surface area contributed by atoms with Crippen molar-refractivity contribution in [2.45, 2.75) is 32.5 Å². The molecule has 0 aromatic heterocycles. The fourth-order valence-electron chi connectivity index (χ4n) is 1.86. The fourth-order valence-corrected chi connectivity index (χ4v) is 1.86. The predicted molar refractivity (Wildman–Crippen MR) is 71.9 cm³/mol. The third kappa shape index (κ3) is 6.41. The summed E-state index contributed by atoms with van der Waals surface area (Å²) in [5, 5.41) is 12.5. The summed E-state index contributed by atoms with van der Waals surface area (Å²) >= 11 is 0. The smallest absolute Gasteiger partial charge is 0.0636 e. The molecule has 0 aliphatic carbocycles. The fraction of sp³-hybridized carbons (Fsp3) is 0.571. The van der Waals surface area contributed by atoms with Crippen LogP contribution in [0.5, 0.6) is 0 Å². The van der Waals surface area contributed by atoms with E-state index in [0.29, 0.717) is 12.6 Å². The molecule has 2 atom stereocenters. The Labute approximate surface area is 104 Å². The maximum Gasteiger partial charge on any atom is 0.0636 e. The first-order valence-corrected chi connectivity index (χ1v) is 6.22. The van der Waals surface area contributed by atoms with Gasteiger partial charge in [0.2, 0.25) is 0 Å². The quantitative estimate of drug-likeness (QED) is 0.752. The van der Waals surface area contributed by atoms with Crippen LogP contribution in [0.4, 0.5) is 0 Å². The van der Waals surface area contributed by atoms with E-state index in [0.717, 1.165) is 13.1 Å². The molecule has 0 aliphatic rings. The van der Waals surface area contributed by atoms with Crippen LogP contribution in [0, 0.1) is 0 Å². The van der Waals surface area contributed by atoms with E-state index in [1.807, 2.05) is 6.07 Å². The summed E-state index contributed by atoms with van der Waals surface area (Å²) in [5.74, 6) is 0. The summed E-state index contributed by atoms with van der Waals surface area (Å²) in [6.45, 7) is 6.53. The van der Waals surface area contributed by atoms with Gasteiger partial charge in [-0.3, -0.25) is 0 Å². The molecule has 0 saturated heterocycles. The third-order valence-electron chi connectivity index (χ3n) is 2.64. The van der Waals surface area contributed by atoms with E-state index in [-0.39, 0.29) is 6.10 Å². The summed E-state index contributed by atoms with van der Waals surface area (Å²) in [6.07, 6.45) is -0.281. The Morgan fingerprint density at radius 3 is 2.47 bits per heavy atom. The van der Waals surface area contributed by atoms with Gasteiger partial charge in [-0.25, -0.2) is 0 Å². The minimum Gasteiger partial charge on any atom is -0.392 e. The van der Waals surface area contributed by atoms with Crippen molar-refractivity contribution in [1.82, 2.24) is 10.2 Å². The zero-order valence-electron chi connectivity index (χ0n) is 11.1. The van der Waals surface area contributed by atoms with Crippen molar-refractivity contribution in [3.63, 3.8) is 0 Å². The van der Waals surface area contributed by atoms with Crippen LogP contribution >= 0.6 is 0 Å². The molecule has 3 nitrogen and oxygen atoms in total. The summed E-state index contributed by atoms with van der Waals surface area (Å²) in [6, 6.07) is 10.8. The molecular weight excluding hydrogens is 212 g/mol. The maximum absolute atomic E-state index is 9.19. The van der Waals surface area contributed by atoms with E-state index in [1.54, 1.807) is 6.92 Å².